The predicted molar refractivity (Wildman–Crippen MR) is 103 cm³/mol. The van der Waals surface area contributed by atoms with Crippen molar-refractivity contribution < 1.29 is 19.0 Å². The first-order valence-electron chi connectivity index (χ1n) is 8.58. The third-order valence-electron chi connectivity index (χ3n) is 4.56. The van der Waals surface area contributed by atoms with Crippen molar-refractivity contribution in [1.29, 1.82) is 0 Å². The largest absolute Gasteiger partial charge is 0.497 e. The molecule has 0 radical (unpaired) electrons. The molecule has 1 aliphatic heterocycles. The van der Waals surface area contributed by atoms with Crippen LogP contribution in [0.3, 0.4) is 0 Å². The average Bonchev–Trinajstić information content (AvgIpc) is 2.74. The molecule has 1 amide bonds. The van der Waals surface area contributed by atoms with Gasteiger partial charge < -0.3 is 14.2 Å². The monoisotopic (exact) mass is 361 g/mol. The highest BCUT2D eigenvalue weighted by atomic mass is 16.5. The lowest BCUT2D eigenvalue weighted by Gasteiger charge is -2.37. The van der Waals surface area contributed by atoms with E-state index in [4.69, 9.17) is 14.2 Å². The Hall–Kier alpha value is -3.47. The second kappa shape index (κ2) is 7.03. The number of carbonyl (C=O) groups is 1. The van der Waals surface area contributed by atoms with Crippen LogP contribution in [0.4, 0.5) is 5.69 Å². The van der Waals surface area contributed by atoms with E-state index in [1.54, 1.807) is 25.2 Å². The minimum absolute atomic E-state index is 0.108. The fourth-order valence-corrected chi connectivity index (χ4v) is 3.14. The first-order valence-corrected chi connectivity index (χ1v) is 8.58. The van der Waals surface area contributed by atoms with Crippen molar-refractivity contribution in [3.63, 3.8) is 0 Å². The molecule has 0 unspecified atom stereocenters. The Morgan fingerprint density at radius 2 is 1.41 bits per heavy atom. The Bertz CT molecular complexity index is 951. The van der Waals surface area contributed by atoms with Crippen LogP contribution in [0.15, 0.2) is 72.8 Å². The maximum Gasteiger partial charge on any atom is 0.265 e. The molecule has 0 aliphatic carbocycles. The summed E-state index contributed by atoms with van der Waals surface area (Å²) in [6, 6.07) is 22.2. The van der Waals surface area contributed by atoms with Gasteiger partial charge in [0.1, 0.15) is 17.2 Å². The van der Waals surface area contributed by atoms with Crippen LogP contribution in [-0.4, -0.2) is 20.1 Å². The van der Waals surface area contributed by atoms with E-state index >= 15 is 0 Å². The van der Waals surface area contributed by atoms with Crippen LogP contribution in [0.2, 0.25) is 0 Å². The fourth-order valence-electron chi connectivity index (χ4n) is 3.14. The molecule has 0 fully saturated rings. The molecule has 3 aromatic rings. The minimum atomic E-state index is -0.577. The van der Waals surface area contributed by atoms with Crippen molar-refractivity contribution in [1.82, 2.24) is 0 Å². The van der Waals surface area contributed by atoms with Gasteiger partial charge in [-0.2, -0.15) is 0 Å². The summed E-state index contributed by atoms with van der Waals surface area (Å²) in [5.41, 5.74) is 2.13. The molecule has 0 bridgehead atoms. The summed E-state index contributed by atoms with van der Waals surface area (Å²) in [6.07, 6.45) is -0.577. The highest BCUT2D eigenvalue weighted by molar-refractivity contribution is 6.09. The lowest BCUT2D eigenvalue weighted by Crippen LogP contribution is -2.41. The standard InChI is InChI=1S/C22H19NO4/c1-25-17-11-7-15(8-12-17)22-23(16-9-13-18(26-2)14-10-16)21(24)19-5-3-4-6-20(19)27-22/h3-14,22H,1-2H3/t22-/m0/s1. The molecule has 3 aromatic carbocycles. The Labute approximate surface area is 157 Å². The van der Waals surface area contributed by atoms with Gasteiger partial charge in [-0.3, -0.25) is 9.69 Å². The molecule has 0 aromatic heterocycles. The van der Waals surface area contributed by atoms with Crippen LogP contribution < -0.4 is 19.1 Å². The van der Waals surface area contributed by atoms with Crippen LogP contribution in [0.25, 0.3) is 0 Å². The third-order valence-corrected chi connectivity index (χ3v) is 4.56. The van der Waals surface area contributed by atoms with Gasteiger partial charge in [0.15, 0.2) is 0 Å². The van der Waals surface area contributed by atoms with Gasteiger partial charge in [0.2, 0.25) is 6.23 Å². The predicted octanol–water partition coefficient (Wildman–Crippen LogP) is 4.44. The Morgan fingerprint density at radius 3 is 2.04 bits per heavy atom. The van der Waals surface area contributed by atoms with Crippen molar-refractivity contribution in [2.24, 2.45) is 0 Å². The number of rotatable bonds is 4. The summed E-state index contributed by atoms with van der Waals surface area (Å²) < 4.78 is 16.7. The van der Waals surface area contributed by atoms with Crippen LogP contribution in [0, 0.1) is 0 Å². The van der Waals surface area contributed by atoms with Gasteiger partial charge in [0.05, 0.1) is 19.8 Å². The molecule has 4 rings (SSSR count). The zero-order chi connectivity index (χ0) is 18.8. The molecule has 5 heteroatoms. The van der Waals surface area contributed by atoms with Gasteiger partial charge in [0, 0.05) is 11.3 Å². The molecule has 0 N–H and O–H groups in total. The number of hydrogen-bond donors (Lipinski definition) is 0. The lowest BCUT2D eigenvalue weighted by atomic mass is 10.1. The highest BCUT2D eigenvalue weighted by Gasteiger charge is 2.35. The van der Waals surface area contributed by atoms with Crippen molar-refractivity contribution in [3.8, 4) is 17.2 Å². The Kier molecular flexibility index (Phi) is 4.42. The van der Waals surface area contributed by atoms with Gasteiger partial charge >= 0.3 is 0 Å². The van der Waals surface area contributed by atoms with E-state index in [1.807, 2.05) is 66.7 Å². The van der Waals surface area contributed by atoms with Crippen LogP contribution in [0.1, 0.15) is 22.1 Å². The maximum atomic E-state index is 13.3. The number of benzene rings is 3. The van der Waals surface area contributed by atoms with Gasteiger partial charge in [-0.05, 0) is 60.7 Å². The number of anilines is 1. The van der Waals surface area contributed by atoms with E-state index < -0.39 is 6.23 Å². The van der Waals surface area contributed by atoms with Crippen molar-refractivity contribution >= 4 is 11.6 Å². The van der Waals surface area contributed by atoms with Gasteiger partial charge in [-0.15, -0.1) is 0 Å². The SMILES string of the molecule is COc1ccc([C@@H]2Oc3ccccc3C(=O)N2c2ccc(OC)cc2)cc1. The number of carbonyl (C=O) groups excluding carboxylic acids is 1. The lowest BCUT2D eigenvalue weighted by molar-refractivity contribution is 0.0857. The highest BCUT2D eigenvalue weighted by Crippen LogP contribution is 2.39. The Morgan fingerprint density at radius 1 is 0.815 bits per heavy atom. The normalized spacial score (nSPS) is 15.7. The van der Waals surface area contributed by atoms with Crippen LogP contribution in [-0.2, 0) is 0 Å². The molecule has 1 aliphatic rings. The zero-order valence-electron chi connectivity index (χ0n) is 15.1. The van der Waals surface area contributed by atoms with E-state index in [9.17, 15) is 4.79 Å². The van der Waals surface area contributed by atoms with Crippen molar-refractivity contribution in [3.05, 3.63) is 83.9 Å². The van der Waals surface area contributed by atoms with E-state index in [0.29, 0.717) is 11.3 Å². The number of methoxy groups -OCH3 is 2. The maximum absolute atomic E-state index is 13.3. The van der Waals surface area contributed by atoms with Crippen LogP contribution >= 0.6 is 0 Å². The van der Waals surface area contributed by atoms with E-state index in [0.717, 1.165) is 22.7 Å². The van der Waals surface area contributed by atoms with E-state index in [1.165, 1.54) is 0 Å². The van der Waals surface area contributed by atoms with E-state index in [-0.39, 0.29) is 5.91 Å². The molecule has 0 saturated heterocycles. The molecule has 5 nitrogen and oxygen atoms in total. The molecule has 1 atom stereocenters. The Balaban J connectivity index is 1.80. The summed E-state index contributed by atoms with van der Waals surface area (Å²) in [7, 11) is 3.23. The molecule has 136 valence electrons. The molecule has 1 heterocycles. The summed E-state index contributed by atoms with van der Waals surface area (Å²) in [5.74, 6) is 1.94. The first kappa shape index (κ1) is 17.0. The van der Waals surface area contributed by atoms with Crippen LogP contribution in [0.5, 0.6) is 17.2 Å². The number of para-hydroxylation sites is 1. The van der Waals surface area contributed by atoms with Gasteiger partial charge in [0.25, 0.3) is 5.91 Å². The fraction of sp³-hybridized carbons (Fsp3) is 0.136. The number of amides is 1. The average molecular weight is 361 g/mol. The molecule has 0 spiro atoms. The van der Waals surface area contributed by atoms with Gasteiger partial charge in [-0.25, -0.2) is 0 Å². The number of hydrogen-bond acceptors (Lipinski definition) is 4. The second-order valence-corrected chi connectivity index (χ2v) is 6.11. The summed E-state index contributed by atoms with van der Waals surface area (Å²) in [5, 5.41) is 0. The van der Waals surface area contributed by atoms with Crippen molar-refractivity contribution in [2.45, 2.75) is 6.23 Å². The number of fused-ring (bicyclic) bond motifs is 1. The summed E-state index contributed by atoms with van der Waals surface area (Å²) in [4.78, 5) is 14.9. The first-order chi connectivity index (χ1) is 13.2. The third kappa shape index (κ3) is 3.08. The summed E-state index contributed by atoms with van der Waals surface area (Å²) in [6.45, 7) is 0. The molecule has 0 saturated carbocycles. The quantitative estimate of drug-likeness (QED) is 0.689. The minimum Gasteiger partial charge on any atom is -0.497 e. The van der Waals surface area contributed by atoms with E-state index in [2.05, 4.69) is 0 Å². The zero-order valence-corrected chi connectivity index (χ0v) is 15.1. The number of nitrogens with zero attached hydrogens (tertiary/aromatic N) is 1. The summed E-state index contributed by atoms with van der Waals surface area (Å²) >= 11 is 0. The molecule has 27 heavy (non-hydrogen) atoms. The van der Waals surface area contributed by atoms with Gasteiger partial charge in [-0.1, -0.05) is 12.1 Å². The second-order valence-electron chi connectivity index (χ2n) is 6.11. The topological polar surface area (TPSA) is 48.0 Å². The number of ether oxygens (including phenoxy) is 3. The smallest absolute Gasteiger partial charge is 0.265 e. The molecular weight excluding hydrogens is 342 g/mol. The molecular formula is C22H19NO4. The van der Waals surface area contributed by atoms with Crippen molar-refractivity contribution in [2.75, 3.05) is 19.1 Å².